The maximum Gasteiger partial charge on any atom is 0.286 e. The van der Waals surface area contributed by atoms with Gasteiger partial charge in [0.25, 0.3) is 11.8 Å². The topological polar surface area (TPSA) is 91.8 Å². The van der Waals surface area contributed by atoms with Crippen molar-refractivity contribution in [1.82, 2.24) is 25.6 Å². The third-order valence-corrected chi connectivity index (χ3v) is 3.59. The van der Waals surface area contributed by atoms with Gasteiger partial charge >= 0.3 is 0 Å². The van der Waals surface area contributed by atoms with E-state index in [9.17, 15) is 9.59 Å². The molecule has 8 heteroatoms. The first-order chi connectivity index (χ1) is 11.4. The van der Waals surface area contributed by atoms with Crippen LogP contribution in [0.4, 0.5) is 0 Å². The Balaban J connectivity index is 1.96. The maximum atomic E-state index is 11.8. The van der Waals surface area contributed by atoms with Crippen LogP contribution in [0.3, 0.4) is 0 Å². The third-order valence-electron chi connectivity index (χ3n) is 3.19. The summed E-state index contributed by atoms with van der Waals surface area (Å²) in [6.45, 7) is 6.67. The van der Waals surface area contributed by atoms with Gasteiger partial charge in [0.05, 0.1) is 5.69 Å². The van der Waals surface area contributed by atoms with Gasteiger partial charge in [0, 0.05) is 24.4 Å². The third kappa shape index (κ3) is 4.48. The van der Waals surface area contributed by atoms with Crippen molar-refractivity contribution >= 4 is 29.5 Å². The average molecular weight is 350 g/mol. The highest BCUT2D eigenvalue weighted by Gasteiger charge is 2.12. The van der Waals surface area contributed by atoms with Gasteiger partial charge in [-0.1, -0.05) is 25.4 Å². The standard InChI is InChI=1S/C16H20ClN5O2/c1-10(2)9-22-15(17)12(11(3)21-22)6-7-14(23)19-20-16(24)13-5-4-8-18-13/h4-8,10,18H,9H2,1-3H3,(H,19,23)(H,20,24). The summed E-state index contributed by atoms with van der Waals surface area (Å²) < 4.78 is 1.71. The van der Waals surface area contributed by atoms with Crippen molar-refractivity contribution in [3.05, 3.63) is 46.5 Å². The number of aromatic amines is 1. The van der Waals surface area contributed by atoms with Gasteiger partial charge in [-0.05, 0) is 31.1 Å². The largest absolute Gasteiger partial charge is 0.357 e. The smallest absolute Gasteiger partial charge is 0.286 e. The first-order valence-electron chi connectivity index (χ1n) is 7.53. The molecule has 0 saturated heterocycles. The first kappa shape index (κ1) is 17.8. The first-order valence-corrected chi connectivity index (χ1v) is 7.91. The Morgan fingerprint density at radius 2 is 2.17 bits per heavy atom. The van der Waals surface area contributed by atoms with Crippen LogP contribution in [0.2, 0.25) is 5.15 Å². The van der Waals surface area contributed by atoms with Crippen molar-refractivity contribution in [1.29, 1.82) is 0 Å². The van der Waals surface area contributed by atoms with Crippen LogP contribution in [0.5, 0.6) is 0 Å². The molecule has 2 rings (SSSR count). The summed E-state index contributed by atoms with van der Waals surface area (Å²) in [6.07, 6.45) is 4.50. The number of hydrogen-bond acceptors (Lipinski definition) is 3. The van der Waals surface area contributed by atoms with E-state index in [1.807, 2.05) is 6.92 Å². The fraction of sp³-hybridized carbons (Fsp3) is 0.312. The van der Waals surface area contributed by atoms with E-state index < -0.39 is 11.8 Å². The highest BCUT2D eigenvalue weighted by Crippen LogP contribution is 2.22. The van der Waals surface area contributed by atoms with Gasteiger partial charge in [0.2, 0.25) is 0 Å². The molecule has 128 valence electrons. The van der Waals surface area contributed by atoms with Crippen molar-refractivity contribution < 1.29 is 9.59 Å². The monoisotopic (exact) mass is 349 g/mol. The van der Waals surface area contributed by atoms with Crippen LogP contribution >= 0.6 is 11.6 Å². The van der Waals surface area contributed by atoms with Gasteiger partial charge in [0.15, 0.2) is 0 Å². The number of carbonyl (C=O) groups excluding carboxylic acids is 2. The van der Waals surface area contributed by atoms with Crippen LogP contribution in [0, 0.1) is 12.8 Å². The van der Waals surface area contributed by atoms with Crippen molar-refractivity contribution in [2.45, 2.75) is 27.3 Å². The minimum atomic E-state index is -0.470. The molecule has 0 aliphatic heterocycles. The Morgan fingerprint density at radius 3 is 2.79 bits per heavy atom. The predicted molar refractivity (Wildman–Crippen MR) is 92.2 cm³/mol. The Labute approximate surface area is 145 Å². The average Bonchev–Trinajstić information content (AvgIpc) is 3.13. The van der Waals surface area contributed by atoms with E-state index in [-0.39, 0.29) is 0 Å². The molecule has 0 saturated carbocycles. The van der Waals surface area contributed by atoms with E-state index in [0.29, 0.717) is 28.9 Å². The Kier molecular flexibility index (Phi) is 5.81. The van der Waals surface area contributed by atoms with E-state index in [1.54, 1.807) is 29.1 Å². The zero-order chi connectivity index (χ0) is 17.7. The molecule has 0 bridgehead atoms. The minimum absolute atomic E-state index is 0.355. The molecule has 2 aromatic rings. The Morgan fingerprint density at radius 1 is 1.42 bits per heavy atom. The summed E-state index contributed by atoms with van der Waals surface area (Å²) in [5, 5.41) is 4.85. The second-order valence-corrected chi connectivity index (χ2v) is 6.08. The van der Waals surface area contributed by atoms with E-state index in [0.717, 1.165) is 5.69 Å². The Hall–Kier alpha value is -2.54. The van der Waals surface area contributed by atoms with Gasteiger partial charge in [-0.25, -0.2) is 0 Å². The number of nitrogens with zero attached hydrogens (tertiary/aromatic N) is 2. The van der Waals surface area contributed by atoms with Crippen molar-refractivity contribution in [2.24, 2.45) is 5.92 Å². The normalized spacial score (nSPS) is 11.2. The van der Waals surface area contributed by atoms with Crippen LogP contribution in [-0.2, 0) is 11.3 Å². The molecular formula is C16H20ClN5O2. The molecule has 0 spiro atoms. The van der Waals surface area contributed by atoms with Crippen molar-refractivity contribution in [3.63, 3.8) is 0 Å². The molecule has 24 heavy (non-hydrogen) atoms. The SMILES string of the molecule is Cc1nn(CC(C)C)c(Cl)c1C=CC(=O)NNC(=O)c1ccc[nH]1. The molecule has 0 atom stereocenters. The molecule has 2 aromatic heterocycles. The molecule has 7 nitrogen and oxygen atoms in total. The second kappa shape index (κ2) is 7.83. The minimum Gasteiger partial charge on any atom is -0.357 e. The lowest BCUT2D eigenvalue weighted by Gasteiger charge is -2.05. The molecule has 0 aromatic carbocycles. The predicted octanol–water partition coefficient (Wildman–Crippen LogP) is 2.30. The zero-order valence-electron chi connectivity index (χ0n) is 13.8. The van der Waals surface area contributed by atoms with E-state index in [2.05, 4.69) is 34.8 Å². The molecular weight excluding hydrogens is 330 g/mol. The molecule has 0 fully saturated rings. The lowest BCUT2D eigenvalue weighted by atomic mass is 10.2. The summed E-state index contributed by atoms with van der Waals surface area (Å²) in [6, 6.07) is 3.29. The van der Waals surface area contributed by atoms with Crippen molar-refractivity contribution in [3.8, 4) is 0 Å². The van der Waals surface area contributed by atoms with Gasteiger partial charge in [-0.2, -0.15) is 5.10 Å². The number of amides is 2. The van der Waals surface area contributed by atoms with E-state index in [1.165, 1.54) is 6.08 Å². The summed E-state index contributed by atoms with van der Waals surface area (Å²) in [5.74, 6) is -0.493. The van der Waals surface area contributed by atoms with Crippen LogP contribution in [-0.4, -0.2) is 26.6 Å². The highest BCUT2D eigenvalue weighted by molar-refractivity contribution is 6.31. The molecule has 0 aliphatic rings. The number of hydrogen-bond donors (Lipinski definition) is 3. The van der Waals surface area contributed by atoms with E-state index in [4.69, 9.17) is 11.6 Å². The molecule has 3 N–H and O–H groups in total. The fourth-order valence-corrected chi connectivity index (χ4v) is 2.39. The molecule has 0 radical (unpaired) electrons. The Bertz CT molecular complexity index is 747. The van der Waals surface area contributed by atoms with E-state index >= 15 is 0 Å². The summed E-state index contributed by atoms with van der Waals surface area (Å²) in [5.41, 5.74) is 6.38. The number of aryl methyl sites for hydroxylation is 1. The van der Waals surface area contributed by atoms with Gasteiger partial charge in [-0.3, -0.25) is 25.1 Å². The maximum absolute atomic E-state index is 11.8. The van der Waals surface area contributed by atoms with Gasteiger partial charge in [-0.15, -0.1) is 0 Å². The van der Waals surface area contributed by atoms with Crippen LogP contribution in [0.1, 0.15) is 35.6 Å². The van der Waals surface area contributed by atoms with Crippen molar-refractivity contribution in [2.75, 3.05) is 0 Å². The van der Waals surface area contributed by atoms with Gasteiger partial charge < -0.3 is 4.98 Å². The molecule has 2 amide bonds. The molecule has 2 heterocycles. The zero-order valence-corrected chi connectivity index (χ0v) is 14.5. The van der Waals surface area contributed by atoms with Crippen LogP contribution in [0.25, 0.3) is 6.08 Å². The number of hydrazine groups is 1. The molecule has 0 unspecified atom stereocenters. The van der Waals surface area contributed by atoms with Gasteiger partial charge in [0.1, 0.15) is 10.8 Å². The fourth-order valence-electron chi connectivity index (χ4n) is 2.08. The second-order valence-electron chi connectivity index (χ2n) is 5.73. The number of nitrogens with one attached hydrogen (secondary N) is 3. The molecule has 0 aliphatic carbocycles. The number of rotatable bonds is 5. The highest BCUT2D eigenvalue weighted by atomic mass is 35.5. The van der Waals surface area contributed by atoms with Crippen LogP contribution < -0.4 is 10.9 Å². The lowest BCUT2D eigenvalue weighted by Crippen LogP contribution is -2.40. The number of carbonyl (C=O) groups is 2. The summed E-state index contributed by atoms with van der Waals surface area (Å²) in [7, 11) is 0. The lowest BCUT2D eigenvalue weighted by molar-refractivity contribution is -0.117. The quantitative estimate of drug-likeness (QED) is 0.571. The van der Waals surface area contributed by atoms with Crippen LogP contribution in [0.15, 0.2) is 24.4 Å². The number of H-pyrrole nitrogens is 1. The summed E-state index contributed by atoms with van der Waals surface area (Å²) >= 11 is 6.30. The number of halogens is 1. The summed E-state index contributed by atoms with van der Waals surface area (Å²) in [4.78, 5) is 26.2. The number of aromatic nitrogens is 3.